The lowest BCUT2D eigenvalue weighted by Crippen LogP contribution is -2.49. The smallest absolute Gasteiger partial charge is 0.0703 e. The maximum atomic E-state index is 10.9. The second-order valence-electron chi connectivity index (χ2n) is 5.33. The normalized spacial score (nSPS) is 21.6. The average molecular weight is 212 g/mol. The highest BCUT2D eigenvalue weighted by Crippen LogP contribution is 2.49. The van der Waals surface area contributed by atoms with Crippen LogP contribution in [-0.2, 0) is 0 Å². The van der Waals surface area contributed by atoms with Gasteiger partial charge in [-0.25, -0.2) is 0 Å². The van der Waals surface area contributed by atoms with Crippen molar-refractivity contribution in [3.8, 4) is 0 Å². The highest BCUT2D eigenvalue weighted by atomic mass is 16.3. The van der Waals surface area contributed by atoms with Gasteiger partial charge in [0.25, 0.3) is 0 Å². The summed E-state index contributed by atoms with van der Waals surface area (Å²) in [5.41, 5.74) is -0.160. The number of hydrogen-bond acceptors (Lipinski definition) is 1. The molecule has 0 aromatic carbocycles. The van der Waals surface area contributed by atoms with Crippen molar-refractivity contribution in [2.45, 2.75) is 84.2 Å². The molecule has 90 valence electrons. The van der Waals surface area contributed by atoms with Gasteiger partial charge in [0, 0.05) is 0 Å². The van der Waals surface area contributed by atoms with E-state index in [1.54, 1.807) is 0 Å². The molecule has 15 heavy (non-hydrogen) atoms. The van der Waals surface area contributed by atoms with Crippen molar-refractivity contribution in [1.29, 1.82) is 0 Å². The van der Waals surface area contributed by atoms with Crippen LogP contribution in [-0.4, -0.2) is 10.7 Å². The van der Waals surface area contributed by atoms with Crippen molar-refractivity contribution >= 4 is 0 Å². The summed E-state index contributed by atoms with van der Waals surface area (Å²) in [5.74, 6) is 0. The zero-order valence-corrected chi connectivity index (χ0v) is 10.8. The highest BCUT2D eigenvalue weighted by Gasteiger charge is 2.47. The topological polar surface area (TPSA) is 20.2 Å². The van der Waals surface area contributed by atoms with E-state index in [-0.39, 0.29) is 11.0 Å². The van der Waals surface area contributed by atoms with Crippen LogP contribution in [0.2, 0.25) is 0 Å². The van der Waals surface area contributed by atoms with Crippen molar-refractivity contribution < 1.29 is 5.11 Å². The fourth-order valence-corrected chi connectivity index (χ4v) is 3.64. The molecule has 1 saturated carbocycles. The summed E-state index contributed by atoms with van der Waals surface area (Å²) in [5, 5.41) is 10.9. The Morgan fingerprint density at radius 2 is 1.53 bits per heavy atom. The van der Waals surface area contributed by atoms with Gasteiger partial charge in [0.2, 0.25) is 0 Å². The second kappa shape index (κ2) is 5.34. The largest absolute Gasteiger partial charge is 0.389 e. The van der Waals surface area contributed by atoms with Gasteiger partial charge in [-0.05, 0) is 37.5 Å². The van der Waals surface area contributed by atoms with Gasteiger partial charge in [0.15, 0.2) is 0 Å². The predicted octanol–water partition coefficient (Wildman–Crippen LogP) is 4.29. The summed E-state index contributed by atoms with van der Waals surface area (Å²) >= 11 is 0. The molecular weight excluding hydrogens is 184 g/mol. The predicted molar refractivity (Wildman–Crippen MR) is 66.0 cm³/mol. The van der Waals surface area contributed by atoms with Crippen LogP contribution in [0.3, 0.4) is 0 Å². The van der Waals surface area contributed by atoms with Crippen molar-refractivity contribution in [2.24, 2.45) is 5.41 Å². The third-order valence-electron chi connectivity index (χ3n) is 4.75. The molecule has 0 aliphatic heterocycles. The summed E-state index contributed by atoms with van der Waals surface area (Å²) in [6.07, 6.45) is 10.5. The van der Waals surface area contributed by atoms with E-state index in [1.807, 2.05) is 0 Å². The molecule has 1 nitrogen and oxygen atoms in total. The summed E-state index contributed by atoms with van der Waals surface area (Å²) in [6, 6.07) is 0. The highest BCUT2D eigenvalue weighted by molar-refractivity contribution is 4.98. The molecule has 1 aliphatic carbocycles. The van der Waals surface area contributed by atoms with Gasteiger partial charge in [-0.3, -0.25) is 0 Å². The van der Waals surface area contributed by atoms with E-state index in [1.165, 1.54) is 32.1 Å². The van der Waals surface area contributed by atoms with Crippen LogP contribution in [0.5, 0.6) is 0 Å². The van der Waals surface area contributed by atoms with Crippen molar-refractivity contribution in [2.75, 3.05) is 0 Å². The lowest BCUT2D eigenvalue weighted by Gasteiger charge is -2.49. The fraction of sp³-hybridized carbons (Fsp3) is 1.00. The Hall–Kier alpha value is -0.0400. The maximum Gasteiger partial charge on any atom is 0.0703 e. The van der Waals surface area contributed by atoms with Crippen LogP contribution in [0.1, 0.15) is 78.6 Å². The molecular formula is C14H28O. The fourth-order valence-electron chi connectivity index (χ4n) is 3.64. The molecule has 1 aliphatic rings. The summed E-state index contributed by atoms with van der Waals surface area (Å²) in [7, 11) is 0. The first-order valence-electron chi connectivity index (χ1n) is 6.86. The number of rotatable bonds is 5. The van der Waals surface area contributed by atoms with Crippen LogP contribution in [0.4, 0.5) is 0 Å². The Bertz CT molecular complexity index is 176. The third kappa shape index (κ3) is 2.38. The molecule has 1 heteroatoms. The van der Waals surface area contributed by atoms with Crippen LogP contribution in [0.25, 0.3) is 0 Å². The molecule has 0 spiro atoms. The first kappa shape index (κ1) is 13.0. The maximum absolute atomic E-state index is 10.9. The van der Waals surface area contributed by atoms with Gasteiger partial charge in [-0.2, -0.15) is 0 Å². The summed E-state index contributed by atoms with van der Waals surface area (Å²) in [6.45, 7) is 6.75. The van der Waals surface area contributed by atoms with Crippen LogP contribution in [0, 0.1) is 5.41 Å². The monoisotopic (exact) mass is 212 g/mol. The molecule has 0 bridgehead atoms. The molecule has 0 heterocycles. The minimum absolute atomic E-state index is 0.197. The summed E-state index contributed by atoms with van der Waals surface area (Å²) < 4.78 is 0. The van der Waals surface area contributed by atoms with Crippen molar-refractivity contribution in [3.63, 3.8) is 0 Å². The van der Waals surface area contributed by atoms with E-state index >= 15 is 0 Å². The zero-order valence-electron chi connectivity index (χ0n) is 10.8. The molecule has 0 amide bonds. The lowest BCUT2D eigenvalue weighted by atomic mass is 9.60. The number of aliphatic hydroxyl groups is 1. The van der Waals surface area contributed by atoms with Gasteiger partial charge in [0.1, 0.15) is 0 Å². The number of hydrogen-bond donors (Lipinski definition) is 1. The van der Waals surface area contributed by atoms with Crippen LogP contribution < -0.4 is 0 Å². The van der Waals surface area contributed by atoms with E-state index in [9.17, 15) is 5.11 Å². The first-order chi connectivity index (χ1) is 7.14. The van der Waals surface area contributed by atoms with E-state index < -0.39 is 0 Å². The van der Waals surface area contributed by atoms with Gasteiger partial charge >= 0.3 is 0 Å². The molecule has 1 N–H and O–H groups in total. The Balaban J connectivity index is 2.84. The van der Waals surface area contributed by atoms with Crippen LogP contribution >= 0.6 is 0 Å². The minimum atomic E-state index is -0.356. The summed E-state index contributed by atoms with van der Waals surface area (Å²) in [4.78, 5) is 0. The van der Waals surface area contributed by atoms with Crippen LogP contribution in [0.15, 0.2) is 0 Å². The Labute approximate surface area is 95.3 Å². The van der Waals surface area contributed by atoms with E-state index in [0.717, 1.165) is 25.7 Å². The molecule has 0 saturated heterocycles. The van der Waals surface area contributed by atoms with E-state index in [4.69, 9.17) is 0 Å². The van der Waals surface area contributed by atoms with Crippen molar-refractivity contribution in [1.82, 2.24) is 0 Å². The lowest BCUT2D eigenvalue weighted by molar-refractivity contribution is -0.119. The van der Waals surface area contributed by atoms with Gasteiger partial charge in [-0.1, -0.05) is 46.5 Å². The van der Waals surface area contributed by atoms with Gasteiger partial charge in [0.05, 0.1) is 5.60 Å². The Morgan fingerprint density at radius 3 is 1.93 bits per heavy atom. The SMILES string of the molecule is CCCC(CC)(CC)C1(O)CCCCC1. The molecule has 0 atom stereocenters. The van der Waals surface area contributed by atoms with Crippen molar-refractivity contribution in [3.05, 3.63) is 0 Å². The minimum Gasteiger partial charge on any atom is -0.389 e. The van der Waals surface area contributed by atoms with Gasteiger partial charge in [-0.15, -0.1) is 0 Å². The Kier molecular flexibility index (Phi) is 4.64. The molecule has 0 aromatic rings. The molecule has 1 fully saturated rings. The quantitative estimate of drug-likeness (QED) is 0.721. The zero-order chi connectivity index (χ0) is 11.4. The van der Waals surface area contributed by atoms with E-state index in [0.29, 0.717) is 0 Å². The van der Waals surface area contributed by atoms with Gasteiger partial charge < -0.3 is 5.11 Å². The molecule has 1 rings (SSSR count). The standard InChI is InChI=1S/C14H28O/c1-4-10-13(5-2,6-3)14(15)11-8-7-9-12-14/h15H,4-12H2,1-3H3. The molecule has 0 unspecified atom stereocenters. The Morgan fingerprint density at radius 1 is 1.00 bits per heavy atom. The molecule has 0 radical (unpaired) electrons. The first-order valence-corrected chi connectivity index (χ1v) is 6.86. The second-order valence-corrected chi connectivity index (χ2v) is 5.33. The van der Waals surface area contributed by atoms with E-state index in [2.05, 4.69) is 20.8 Å². The average Bonchev–Trinajstić information content (AvgIpc) is 2.27. The third-order valence-corrected chi connectivity index (χ3v) is 4.75. The molecule has 0 aromatic heterocycles.